The van der Waals surface area contributed by atoms with E-state index >= 15 is 0 Å². The van der Waals surface area contributed by atoms with Crippen LogP contribution in [0.5, 0.6) is 0 Å². The number of nitrogens with one attached hydrogen (secondary N) is 1. The highest BCUT2D eigenvalue weighted by atomic mass is 19.3. The van der Waals surface area contributed by atoms with Crippen LogP contribution in [-0.2, 0) is 0 Å². The minimum atomic E-state index is -2.69. The van der Waals surface area contributed by atoms with Crippen molar-refractivity contribution in [2.45, 2.75) is 56.5 Å². The van der Waals surface area contributed by atoms with E-state index in [2.05, 4.69) is 15.4 Å². The molecule has 144 valence electrons. The Morgan fingerprint density at radius 2 is 1.93 bits per heavy atom. The molecule has 2 saturated carbocycles. The average molecular weight is 380 g/mol. The monoisotopic (exact) mass is 380 g/mol. The van der Waals surface area contributed by atoms with Crippen molar-refractivity contribution in [1.29, 1.82) is 0 Å². The molecule has 0 bridgehead atoms. The van der Waals surface area contributed by atoms with Gasteiger partial charge in [-0.2, -0.15) is 9.49 Å². The number of carboxylic acid groups (broad SMARTS) is 1. The van der Waals surface area contributed by atoms with Crippen LogP contribution in [0.1, 0.15) is 54.9 Å². The van der Waals surface area contributed by atoms with Gasteiger partial charge in [-0.25, -0.2) is 18.6 Å². The average Bonchev–Trinajstić information content (AvgIpc) is 3.30. The highest BCUT2D eigenvalue weighted by Crippen LogP contribution is 2.39. The molecule has 0 atom stereocenters. The maximum absolute atomic E-state index is 14.5. The number of carbonyl (C=O) groups is 1. The first-order chi connectivity index (χ1) is 12.8. The van der Waals surface area contributed by atoms with Crippen LogP contribution in [0, 0.1) is 5.95 Å². The number of hydrogen-bond donors (Lipinski definition) is 2. The summed E-state index contributed by atoms with van der Waals surface area (Å²) in [4.78, 5) is 15.4. The molecule has 0 amide bonds. The molecular weight excluding hydrogens is 361 g/mol. The number of carboxylic acids is 1. The maximum atomic E-state index is 14.5. The normalized spacial score (nSPS) is 19.8. The summed E-state index contributed by atoms with van der Waals surface area (Å²) in [5.74, 6) is -4.37. The van der Waals surface area contributed by atoms with E-state index in [-0.39, 0.29) is 48.5 Å². The third-order valence-corrected chi connectivity index (χ3v) is 5.06. The van der Waals surface area contributed by atoms with Crippen LogP contribution in [0.4, 0.5) is 19.0 Å². The van der Waals surface area contributed by atoms with Crippen LogP contribution in [0.2, 0.25) is 0 Å². The summed E-state index contributed by atoms with van der Waals surface area (Å²) in [5, 5.41) is 16.8. The molecule has 0 unspecified atom stereocenters. The zero-order valence-corrected chi connectivity index (χ0v) is 14.5. The number of nitrogens with zero attached hydrogens (tertiary/aromatic N) is 3. The van der Waals surface area contributed by atoms with Gasteiger partial charge in [-0.3, -0.25) is 4.68 Å². The van der Waals surface area contributed by atoms with E-state index < -0.39 is 17.8 Å². The van der Waals surface area contributed by atoms with Crippen LogP contribution in [0.25, 0.3) is 11.3 Å². The summed E-state index contributed by atoms with van der Waals surface area (Å²) in [6.45, 7) is 0. The molecular formula is C18H19F3N4O2. The Kier molecular flexibility index (Phi) is 4.32. The number of halogens is 3. The summed E-state index contributed by atoms with van der Waals surface area (Å²) < 4.78 is 42.6. The lowest BCUT2D eigenvalue weighted by atomic mass is 9.92. The Balaban J connectivity index is 1.64. The summed E-state index contributed by atoms with van der Waals surface area (Å²) in [6.07, 6.45) is 3.16. The molecule has 27 heavy (non-hydrogen) atoms. The van der Waals surface area contributed by atoms with Crippen molar-refractivity contribution in [3.8, 4) is 11.3 Å². The number of pyridine rings is 1. The van der Waals surface area contributed by atoms with Gasteiger partial charge in [0.15, 0.2) is 0 Å². The lowest BCUT2D eigenvalue weighted by Crippen LogP contribution is -2.26. The van der Waals surface area contributed by atoms with Gasteiger partial charge in [-0.1, -0.05) is 0 Å². The van der Waals surface area contributed by atoms with Crippen molar-refractivity contribution in [2.24, 2.45) is 0 Å². The van der Waals surface area contributed by atoms with Crippen molar-refractivity contribution in [1.82, 2.24) is 14.8 Å². The summed E-state index contributed by atoms with van der Waals surface area (Å²) in [7, 11) is 0. The van der Waals surface area contributed by atoms with Crippen LogP contribution >= 0.6 is 0 Å². The zero-order chi connectivity index (χ0) is 19.2. The number of aromatic carboxylic acids is 1. The van der Waals surface area contributed by atoms with Gasteiger partial charge in [0.25, 0.3) is 0 Å². The molecule has 2 fully saturated rings. The van der Waals surface area contributed by atoms with Crippen molar-refractivity contribution in [3.05, 3.63) is 29.8 Å². The van der Waals surface area contributed by atoms with Crippen LogP contribution in [0.15, 0.2) is 18.3 Å². The first-order valence-electron chi connectivity index (χ1n) is 8.96. The molecule has 2 heterocycles. The molecule has 4 rings (SSSR count). The summed E-state index contributed by atoms with van der Waals surface area (Å²) >= 11 is 0. The number of rotatable bonds is 5. The fourth-order valence-electron chi connectivity index (χ4n) is 3.35. The molecule has 2 aromatic heterocycles. The van der Waals surface area contributed by atoms with E-state index in [1.165, 1.54) is 16.9 Å². The molecule has 0 aromatic carbocycles. The van der Waals surface area contributed by atoms with Crippen LogP contribution in [-0.4, -0.2) is 37.8 Å². The van der Waals surface area contributed by atoms with Gasteiger partial charge in [0.1, 0.15) is 17.1 Å². The Labute approximate surface area is 153 Å². The van der Waals surface area contributed by atoms with Crippen LogP contribution < -0.4 is 5.32 Å². The predicted molar refractivity (Wildman–Crippen MR) is 91.5 cm³/mol. The summed E-state index contributed by atoms with van der Waals surface area (Å²) in [5.41, 5.74) is -0.229. The van der Waals surface area contributed by atoms with Crippen molar-refractivity contribution >= 4 is 11.8 Å². The SMILES string of the molecule is O=C(O)c1cn(C2CCC(F)(F)CC2)nc1-c1ccc(NC2CC2)nc1F. The molecule has 2 aliphatic rings. The molecule has 0 radical (unpaired) electrons. The number of hydrogen-bond acceptors (Lipinski definition) is 4. The van der Waals surface area contributed by atoms with E-state index in [0.29, 0.717) is 11.9 Å². The van der Waals surface area contributed by atoms with Gasteiger partial charge < -0.3 is 10.4 Å². The first kappa shape index (κ1) is 17.8. The van der Waals surface area contributed by atoms with Gasteiger partial charge in [0, 0.05) is 25.1 Å². The number of aromatic nitrogens is 3. The third-order valence-electron chi connectivity index (χ3n) is 5.06. The number of anilines is 1. The lowest BCUT2D eigenvalue weighted by molar-refractivity contribution is -0.0449. The van der Waals surface area contributed by atoms with Gasteiger partial charge in [0.05, 0.1) is 11.6 Å². The Morgan fingerprint density at radius 1 is 1.22 bits per heavy atom. The second-order valence-electron chi connectivity index (χ2n) is 7.22. The van der Waals surface area contributed by atoms with Gasteiger partial charge >= 0.3 is 5.97 Å². The Morgan fingerprint density at radius 3 is 2.52 bits per heavy atom. The first-order valence-corrected chi connectivity index (χ1v) is 8.96. The summed E-state index contributed by atoms with van der Waals surface area (Å²) in [6, 6.07) is 3.01. The van der Waals surface area contributed by atoms with Gasteiger partial charge in [-0.05, 0) is 37.8 Å². The quantitative estimate of drug-likeness (QED) is 0.763. The molecule has 0 spiro atoms. The molecule has 6 nitrogen and oxygen atoms in total. The lowest BCUT2D eigenvalue weighted by Gasteiger charge is -2.28. The second-order valence-corrected chi connectivity index (χ2v) is 7.22. The molecule has 2 aliphatic carbocycles. The molecule has 2 aromatic rings. The maximum Gasteiger partial charge on any atom is 0.339 e. The van der Waals surface area contributed by atoms with Crippen LogP contribution in [0.3, 0.4) is 0 Å². The van der Waals surface area contributed by atoms with Crippen molar-refractivity contribution < 1.29 is 23.1 Å². The topological polar surface area (TPSA) is 80.0 Å². The highest BCUT2D eigenvalue weighted by molar-refractivity contribution is 5.94. The van der Waals surface area contributed by atoms with E-state index in [1.54, 1.807) is 6.07 Å². The molecule has 0 aliphatic heterocycles. The smallest absolute Gasteiger partial charge is 0.339 e. The van der Waals surface area contributed by atoms with E-state index in [1.807, 2.05) is 0 Å². The zero-order valence-electron chi connectivity index (χ0n) is 14.5. The van der Waals surface area contributed by atoms with Crippen molar-refractivity contribution in [2.75, 3.05) is 5.32 Å². The Hall–Kier alpha value is -2.58. The van der Waals surface area contributed by atoms with Crippen molar-refractivity contribution in [3.63, 3.8) is 0 Å². The second kappa shape index (κ2) is 6.54. The minimum Gasteiger partial charge on any atom is -0.478 e. The van der Waals surface area contributed by atoms with E-state index in [9.17, 15) is 23.1 Å². The van der Waals surface area contributed by atoms with E-state index in [4.69, 9.17) is 0 Å². The van der Waals surface area contributed by atoms with Gasteiger partial charge in [-0.15, -0.1) is 0 Å². The largest absolute Gasteiger partial charge is 0.478 e. The molecule has 9 heteroatoms. The third kappa shape index (κ3) is 3.77. The standard InChI is InChI=1S/C18H19F3N4O2/c19-16-12(3-4-14(23-16)22-10-1-2-10)15-13(17(26)27)9-25(24-15)11-5-7-18(20,21)8-6-11/h3-4,9-11H,1-2,5-8H2,(H,22,23)(H,26,27). The van der Waals surface area contributed by atoms with Gasteiger partial charge in [0.2, 0.25) is 11.9 Å². The van der Waals surface area contributed by atoms with E-state index in [0.717, 1.165) is 12.8 Å². The number of alkyl halides is 2. The Bertz CT molecular complexity index is 869. The fourth-order valence-corrected chi connectivity index (χ4v) is 3.35. The fraction of sp³-hybridized carbons (Fsp3) is 0.500. The minimum absolute atomic E-state index is 0.0198. The molecule has 2 N–H and O–H groups in total. The predicted octanol–water partition coefficient (Wildman–Crippen LogP) is 4.11. The molecule has 0 saturated heterocycles. The highest BCUT2D eigenvalue weighted by Gasteiger charge is 2.36.